The molecule has 0 aliphatic heterocycles. The molecular formula is C84H46N2S3. The number of hydrogen-bond acceptors (Lipinski definition) is 3. The number of nitrogens with zero attached hydrogens (tertiary/aromatic N) is 2. The molecule has 16 aromatic carbocycles. The quantitative estimate of drug-likeness (QED) is 0.155. The molecular weight excluding hydrogens is 1130 g/mol. The maximum atomic E-state index is 2.50. The number of fused-ring (bicyclic) bond motifs is 27. The molecule has 0 spiro atoms. The van der Waals surface area contributed by atoms with E-state index in [9.17, 15) is 0 Å². The standard InChI is InChI=1S/C84H46N2S3/c1-3-15-55-53(13-1)63-37-47(49-27-33-79-69(39-49)71-41-51(29-35-81(71)87-79)85-75-21-9-5-17-59(75)60-18-6-10-22-76(60)85)25-31-57(63)67-45-83-73(43-65(55)67)74-44-66-56-16-4-2-14-54(56)64-38-48(26-32-58(64)68(66)46-84(74)89-83)50-28-34-80-70(40-50)72-42-52(30-36-82(72)88-80)86-77-23-11-7-19-61(77)62-20-8-12-24-78(62)86/h1-46H. The molecule has 0 saturated carbocycles. The summed E-state index contributed by atoms with van der Waals surface area (Å²) in [7, 11) is 0. The molecule has 0 N–H and O–H groups in total. The Balaban J connectivity index is 0.685. The summed E-state index contributed by atoms with van der Waals surface area (Å²) in [5.41, 5.74) is 12.2. The number of hydrogen-bond donors (Lipinski definition) is 0. The van der Waals surface area contributed by atoms with Crippen molar-refractivity contribution in [2.24, 2.45) is 0 Å². The van der Waals surface area contributed by atoms with E-state index in [-0.39, 0.29) is 0 Å². The summed E-state index contributed by atoms with van der Waals surface area (Å²) in [6.07, 6.45) is 0. The van der Waals surface area contributed by atoms with E-state index >= 15 is 0 Å². The zero-order valence-corrected chi connectivity index (χ0v) is 50.1. The van der Waals surface area contributed by atoms with Crippen LogP contribution in [-0.4, -0.2) is 9.13 Å². The van der Waals surface area contributed by atoms with Gasteiger partial charge in [0.25, 0.3) is 0 Å². The van der Waals surface area contributed by atoms with Gasteiger partial charge in [-0.25, -0.2) is 0 Å². The molecule has 0 aliphatic carbocycles. The van der Waals surface area contributed by atoms with Crippen molar-refractivity contribution in [2.75, 3.05) is 0 Å². The molecule has 5 aromatic heterocycles. The van der Waals surface area contributed by atoms with Gasteiger partial charge in [-0.1, -0.05) is 158 Å². The molecule has 2 nitrogen and oxygen atoms in total. The Morgan fingerprint density at radius 1 is 0.157 bits per heavy atom. The highest BCUT2D eigenvalue weighted by Gasteiger charge is 2.21. The lowest BCUT2D eigenvalue weighted by atomic mass is 9.90. The van der Waals surface area contributed by atoms with Gasteiger partial charge in [-0.15, -0.1) is 34.0 Å². The molecule has 0 amide bonds. The van der Waals surface area contributed by atoms with Crippen LogP contribution in [0.4, 0.5) is 0 Å². The van der Waals surface area contributed by atoms with Gasteiger partial charge in [0, 0.05) is 93.4 Å². The predicted octanol–water partition coefficient (Wildman–Crippen LogP) is 25.2. The lowest BCUT2D eigenvalue weighted by Crippen LogP contribution is -1.93. The highest BCUT2D eigenvalue weighted by molar-refractivity contribution is 7.26. The molecule has 21 aromatic rings. The maximum Gasteiger partial charge on any atom is 0.0541 e. The Bertz CT molecular complexity index is 6230. The Morgan fingerprint density at radius 2 is 0.404 bits per heavy atom. The van der Waals surface area contributed by atoms with Gasteiger partial charge in [-0.05, 0) is 208 Å². The summed E-state index contributed by atoms with van der Waals surface area (Å²) in [6, 6.07) is 106. The predicted molar refractivity (Wildman–Crippen MR) is 390 cm³/mol. The van der Waals surface area contributed by atoms with Crippen molar-refractivity contribution in [1.29, 1.82) is 0 Å². The van der Waals surface area contributed by atoms with Gasteiger partial charge in [0.1, 0.15) is 0 Å². The normalized spacial score (nSPS) is 12.5. The minimum Gasteiger partial charge on any atom is -0.309 e. The van der Waals surface area contributed by atoms with Crippen molar-refractivity contribution in [3.63, 3.8) is 0 Å². The first-order valence-corrected chi connectivity index (χ1v) is 33.0. The second kappa shape index (κ2) is 18.0. The van der Waals surface area contributed by atoms with Crippen LogP contribution in [0.2, 0.25) is 0 Å². The van der Waals surface area contributed by atoms with Gasteiger partial charge < -0.3 is 9.13 Å². The van der Waals surface area contributed by atoms with Crippen LogP contribution in [0.1, 0.15) is 0 Å². The average molecular weight is 1180 g/mol. The van der Waals surface area contributed by atoms with Crippen molar-refractivity contribution in [2.45, 2.75) is 0 Å². The van der Waals surface area contributed by atoms with Crippen LogP contribution in [-0.2, 0) is 0 Å². The number of benzene rings is 16. The van der Waals surface area contributed by atoms with E-state index in [1.807, 2.05) is 34.0 Å². The minimum atomic E-state index is 1.19. The number of thiophene rings is 3. The van der Waals surface area contributed by atoms with Crippen LogP contribution < -0.4 is 0 Å². The molecule has 0 atom stereocenters. The van der Waals surface area contributed by atoms with Gasteiger partial charge in [0.2, 0.25) is 0 Å². The molecule has 0 saturated heterocycles. The number of rotatable bonds is 4. The smallest absolute Gasteiger partial charge is 0.0541 e. The van der Waals surface area contributed by atoms with Gasteiger partial charge >= 0.3 is 0 Å². The molecule has 0 aliphatic rings. The maximum absolute atomic E-state index is 2.50. The van der Waals surface area contributed by atoms with Crippen molar-refractivity contribution in [1.82, 2.24) is 9.13 Å². The van der Waals surface area contributed by atoms with Gasteiger partial charge in [0.05, 0.1) is 22.1 Å². The second-order valence-electron chi connectivity index (χ2n) is 24.2. The Kier molecular flexibility index (Phi) is 9.79. The number of para-hydroxylation sites is 4. The Labute approximate surface area is 520 Å². The third kappa shape index (κ3) is 6.84. The van der Waals surface area contributed by atoms with Crippen molar-refractivity contribution < 1.29 is 0 Å². The van der Waals surface area contributed by atoms with E-state index < -0.39 is 0 Å². The molecule has 0 fully saturated rings. The third-order valence-corrected chi connectivity index (χ3v) is 23.1. The highest BCUT2D eigenvalue weighted by atomic mass is 32.1. The van der Waals surface area contributed by atoms with Gasteiger partial charge in [-0.3, -0.25) is 0 Å². The largest absolute Gasteiger partial charge is 0.309 e. The number of aromatic nitrogens is 2. The van der Waals surface area contributed by atoms with Gasteiger partial charge in [-0.2, -0.15) is 0 Å². The van der Waals surface area contributed by atoms with Crippen molar-refractivity contribution in [3.05, 3.63) is 279 Å². The average Bonchev–Trinajstić information content (AvgIpc) is 2.02. The van der Waals surface area contributed by atoms with E-state index in [0.717, 1.165) is 0 Å². The van der Waals surface area contributed by atoms with Crippen LogP contribution >= 0.6 is 34.0 Å². The molecule has 21 rings (SSSR count). The highest BCUT2D eigenvalue weighted by Crippen LogP contribution is 2.48. The summed E-state index contributed by atoms with van der Waals surface area (Å²) >= 11 is 5.68. The SMILES string of the molecule is c1ccc2c(c1)c1cc(-c3ccc4sc5ccc(-n6c7ccccc7c7ccccc76)cc5c4c3)ccc1c1cc3sc4cc5c6ccc(-c7ccc8sc9ccc(-n%10c%11ccccc%11c%11ccccc%11%10)cc9c8c7)cc6c6ccccc6c5cc4c3cc21. The lowest BCUT2D eigenvalue weighted by Gasteiger charge is -2.13. The second-order valence-corrected chi connectivity index (χ2v) is 27.5. The first-order valence-electron chi connectivity index (χ1n) is 30.5. The van der Waals surface area contributed by atoms with Crippen LogP contribution in [0.25, 0.3) is 202 Å². The first kappa shape index (κ1) is 48.5. The Hall–Kier alpha value is -10.7. The molecule has 89 heavy (non-hydrogen) atoms. The van der Waals surface area contributed by atoms with Crippen LogP contribution in [0.5, 0.6) is 0 Å². The van der Waals surface area contributed by atoms with Gasteiger partial charge in [0.15, 0.2) is 0 Å². The van der Waals surface area contributed by atoms with Crippen LogP contribution in [0, 0.1) is 0 Å². The third-order valence-electron chi connectivity index (χ3n) is 19.6. The van der Waals surface area contributed by atoms with Crippen LogP contribution in [0.15, 0.2) is 279 Å². The molecule has 410 valence electrons. The van der Waals surface area contributed by atoms with E-state index in [2.05, 4.69) is 288 Å². The molecule has 0 unspecified atom stereocenters. The summed E-state index contributed by atoms with van der Waals surface area (Å²) < 4.78 is 12.7. The topological polar surface area (TPSA) is 9.86 Å². The first-order chi connectivity index (χ1) is 44.1. The summed E-state index contributed by atoms with van der Waals surface area (Å²) in [6.45, 7) is 0. The fourth-order valence-electron chi connectivity index (χ4n) is 15.6. The monoisotopic (exact) mass is 1180 g/mol. The van der Waals surface area contributed by atoms with Crippen molar-refractivity contribution >= 4 is 203 Å². The molecule has 5 heteroatoms. The van der Waals surface area contributed by atoms with E-state index in [0.29, 0.717) is 0 Å². The Morgan fingerprint density at radius 3 is 0.775 bits per heavy atom. The lowest BCUT2D eigenvalue weighted by molar-refractivity contribution is 1.19. The zero-order chi connectivity index (χ0) is 57.7. The minimum absolute atomic E-state index is 1.19. The molecule has 5 heterocycles. The fraction of sp³-hybridized carbons (Fsp3) is 0. The van der Waals surface area contributed by atoms with Crippen LogP contribution in [0.3, 0.4) is 0 Å². The summed E-state index contributed by atoms with van der Waals surface area (Å²) in [5.74, 6) is 0. The summed E-state index contributed by atoms with van der Waals surface area (Å²) in [5, 5.41) is 28.4. The molecule has 0 radical (unpaired) electrons. The van der Waals surface area contributed by atoms with E-state index in [1.54, 1.807) is 0 Å². The van der Waals surface area contributed by atoms with E-state index in [1.165, 1.54) is 202 Å². The van der Waals surface area contributed by atoms with Crippen molar-refractivity contribution in [3.8, 4) is 33.6 Å². The summed E-state index contributed by atoms with van der Waals surface area (Å²) in [4.78, 5) is 0. The van der Waals surface area contributed by atoms with E-state index in [4.69, 9.17) is 0 Å². The fourth-order valence-corrected chi connectivity index (χ4v) is 18.9. The molecule has 0 bridgehead atoms. The zero-order valence-electron chi connectivity index (χ0n) is 47.7.